The Labute approximate surface area is 390 Å². The highest BCUT2D eigenvalue weighted by atomic mass is 31.2. The Morgan fingerprint density at radius 1 is 0.484 bits per heavy atom. The molecule has 4 N–H and O–H groups in total. The first-order valence-corrected chi connectivity index (χ1v) is 27.2. The fraction of sp³-hybridized carbons (Fsp3) is 0.788. The lowest BCUT2D eigenvalue weighted by atomic mass is 10.0. The summed E-state index contributed by atoms with van der Waals surface area (Å²) < 4.78 is 32.7. The van der Waals surface area contributed by atoms with Crippen molar-refractivity contribution in [1.82, 2.24) is 0 Å². The maximum Gasteiger partial charge on any atom is 0.472 e. The van der Waals surface area contributed by atoms with E-state index in [2.05, 4.69) is 60.9 Å². The van der Waals surface area contributed by atoms with Crippen LogP contribution in [0, 0.1) is 0 Å². The predicted molar refractivity (Wildman–Crippen MR) is 263 cm³/mol. The van der Waals surface area contributed by atoms with E-state index in [0.29, 0.717) is 25.7 Å². The molecule has 0 saturated heterocycles. The molecule has 0 aromatic rings. The van der Waals surface area contributed by atoms with Crippen LogP contribution in [-0.2, 0) is 37.5 Å². The van der Waals surface area contributed by atoms with Gasteiger partial charge in [-0.2, -0.15) is 0 Å². The van der Waals surface area contributed by atoms with Gasteiger partial charge < -0.3 is 25.2 Å². The van der Waals surface area contributed by atoms with E-state index in [1.54, 1.807) is 0 Å². The van der Waals surface area contributed by atoms with Gasteiger partial charge in [-0.1, -0.05) is 204 Å². The second kappa shape index (κ2) is 47.0. The average molecular weight is 924 g/mol. The minimum atomic E-state index is -4.74. The van der Waals surface area contributed by atoms with Crippen molar-refractivity contribution in [2.24, 2.45) is 5.73 Å². The van der Waals surface area contributed by atoms with Gasteiger partial charge in [-0.05, 0) is 64.2 Å². The summed E-state index contributed by atoms with van der Waals surface area (Å²) in [6, 6.07) is -1.53. The second-order valence-electron chi connectivity index (χ2n) is 17.3. The van der Waals surface area contributed by atoms with Gasteiger partial charge in [0, 0.05) is 12.8 Å². The Morgan fingerprint density at radius 2 is 0.828 bits per heavy atom. The summed E-state index contributed by atoms with van der Waals surface area (Å²) in [4.78, 5) is 46.1. The lowest BCUT2D eigenvalue weighted by molar-refractivity contribution is -0.161. The number of allylic oxidation sites excluding steroid dienone is 8. The van der Waals surface area contributed by atoms with E-state index in [1.807, 2.05) is 6.08 Å². The smallest absolute Gasteiger partial charge is 0.472 e. The third-order valence-electron chi connectivity index (χ3n) is 11.0. The van der Waals surface area contributed by atoms with Crippen molar-refractivity contribution in [2.45, 2.75) is 244 Å². The molecule has 0 bridgehead atoms. The molecule has 3 atom stereocenters. The molecule has 0 aromatic heterocycles. The zero-order valence-electron chi connectivity index (χ0n) is 40.6. The highest BCUT2D eigenvalue weighted by molar-refractivity contribution is 7.47. The molecule has 0 aromatic carbocycles. The summed E-state index contributed by atoms with van der Waals surface area (Å²) in [7, 11) is -4.74. The number of hydrogen-bond acceptors (Lipinski definition) is 9. The number of unbranched alkanes of at least 4 members (excludes halogenated alkanes) is 26. The predicted octanol–water partition coefficient (Wildman–Crippen LogP) is 14.5. The first-order chi connectivity index (χ1) is 31.1. The molecule has 0 aliphatic heterocycles. The molecule has 0 heterocycles. The van der Waals surface area contributed by atoms with Crippen molar-refractivity contribution >= 4 is 25.7 Å². The summed E-state index contributed by atoms with van der Waals surface area (Å²) in [5, 5.41) is 8.91. The van der Waals surface area contributed by atoms with Crippen molar-refractivity contribution in [3.63, 3.8) is 0 Å². The van der Waals surface area contributed by atoms with Crippen molar-refractivity contribution in [3.05, 3.63) is 48.6 Å². The summed E-state index contributed by atoms with van der Waals surface area (Å²) in [5.41, 5.74) is 5.34. The number of rotatable bonds is 48. The Bertz CT molecular complexity index is 1270. The number of phosphoric acid groups is 1. The number of nitrogens with two attached hydrogens (primary N) is 1. The average Bonchev–Trinajstić information content (AvgIpc) is 3.27. The summed E-state index contributed by atoms with van der Waals surface area (Å²) in [5.74, 6) is -2.48. The summed E-state index contributed by atoms with van der Waals surface area (Å²) >= 11 is 0. The fourth-order valence-electron chi connectivity index (χ4n) is 7.03. The molecular weight excluding hydrogens is 830 g/mol. The van der Waals surface area contributed by atoms with Gasteiger partial charge in [-0.3, -0.25) is 23.4 Å². The molecule has 64 heavy (non-hydrogen) atoms. The van der Waals surface area contributed by atoms with Crippen LogP contribution in [-0.4, -0.2) is 59.9 Å². The number of carbonyl (C=O) groups excluding carboxylic acids is 2. The molecule has 0 rings (SSSR count). The van der Waals surface area contributed by atoms with Gasteiger partial charge in [0.15, 0.2) is 6.10 Å². The van der Waals surface area contributed by atoms with Crippen LogP contribution in [0.2, 0.25) is 0 Å². The van der Waals surface area contributed by atoms with Gasteiger partial charge in [0.05, 0.1) is 13.2 Å². The molecule has 0 spiro atoms. The number of carbonyl (C=O) groups is 3. The Hall–Kier alpha value is -2.56. The summed E-state index contributed by atoms with van der Waals surface area (Å²) in [6.45, 7) is 2.75. The fourth-order valence-corrected chi connectivity index (χ4v) is 7.81. The number of hydrogen-bond donors (Lipinski definition) is 3. The zero-order chi connectivity index (χ0) is 47.0. The van der Waals surface area contributed by atoms with E-state index in [-0.39, 0.29) is 19.4 Å². The van der Waals surface area contributed by atoms with Crippen molar-refractivity contribution in [1.29, 1.82) is 0 Å². The van der Waals surface area contributed by atoms with Crippen molar-refractivity contribution in [2.75, 3.05) is 19.8 Å². The molecule has 0 amide bonds. The number of aliphatic carboxylic acids is 1. The Morgan fingerprint density at radius 3 is 1.25 bits per heavy atom. The van der Waals surface area contributed by atoms with Crippen LogP contribution < -0.4 is 5.73 Å². The topological polar surface area (TPSA) is 172 Å². The third kappa shape index (κ3) is 46.0. The third-order valence-corrected chi connectivity index (χ3v) is 12.0. The molecule has 12 heteroatoms. The van der Waals surface area contributed by atoms with Crippen LogP contribution in [0.4, 0.5) is 0 Å². The number of esters is 2. The first-order valence-electron chi connectivity index (χ1n) is 25.7. The van der Waals surface area contributed by atoms with Crippen molar-refractivity contribution < 1.29 is 47.5 Å². The van der Waals surface area contributed by atoms with E-state index < -0.39 is 51.1 Å². The van der Waals surface area contributed by atoms with E-state index in [0.717, 1.165) is 32.1 Å². The Kier molecular flexibility index (Phi) is 45.1. The van der Waals surface area contributed by atoms with E-state index in [1.165, 1.54) is 148 Å². The standard InChI is InChI=1S/C52H94NO10P/c1-3-5-7-9-11-13-15-17-19-21-22-23-24-25-26-28-30-32-34-36-38-40-42-44-51(55)63-48(46-61-64(58,59)62-47-49(53)52(56)57)45-60-50(54)43-41-39-37-35-33-31-29-27-20-18-16-14-12-10-8-6-4-2/h18,20,29,31,35-38,48-49H,3-17,19,21-28,30,32-34,39-47,53H2,1-2H3,(H,56,57)(H,58,59)/b20-18+,31-29+,37-35+,38-36+/t48-,49-/m0/s1. The van der Waals surface area contributed by atoms with Gasteiger partial charge in [0.1, 0.15) is 12.6 Å². The first kappa shape index (κ1) is 61.4. The maximum atomic E-state index is 12.7. The maximum absolute atomic E-state index is 12.7. The van der Waals surface area contributed by atoms with Crippen LogP contribution in [0.15, 0.2) is 48.6 Å². The molecular formula is C52H94NO10P. The van der Waals surface area contributed by atoms with Gasteiger partial charge in [-0.25, -0.2) is 4.57 Å². The van der Waals surface area contributed by atoms with Crippen LogP contribution in [0.25, 0.3) is 0 Å². The van der Waals surface area contributed by atoms with E-state index >= 15 is 0 Å². The van der Waals surface area contributed by atoms with Gasteiger partial charge in [0.2, 0.25) is 0 Å². The van der Waals surface area contributed by atoms with Crippen LogP contribution in [0.1, 0.15) is 232 Å². The highest BCUT2D eigenvalue weighted by Gasteiger charge is 2.28. The van der Waals surface area contributed by atoms with Gasteiger partial charge in [0.25, 0.3) is 0 Å². The normalized spacial score (nSPS) is 13.9. The lowest BCUT2D eigenvalue weighted by Gasteiger charge is -2.20. The number of carboxylic acid groups (broad SMARTS) is 1. The lowest BCUT2D eigenvalue weighted by Crippen LogP contribution is -2.34. The van der Waals surface area contributed by atoms with Gasteiger partial charge >= 0.3 is 25.7 Å². The quantitative estimate of drug-likeness (QED) is 0.0229. The van der Waals surface area contributed by atoms with Crippen LogP contribution in [0.3, 0.4) is 0 Å². The van der Waals surface area contributed by atoms with E-state index in [4.69, 9.17) is 24.8 Å². The minimum absolute atomic E-state index is 0.103. The monoisotopic (exact) mass is 924 g/mol. The zero-order valence-corrected chi connectivity index (χ0v) is 41.5. The number of ether oxygens (including phenoxy) is 2. The molecule has 11 nitrogen and oxygen atoms in total. The molecule has 0 fully saturated rings. The van der Waals surface area contributed by atoms with Crippen LogP contribution >= 0.6 is 7.82 Å². The minimum Gasteiger partial charge on any atom is -0.480 e. The van der Waals surface area contributed by atoms with E-state index in [9.17, 15) is 23.8 Å². The molecule has 0 radical (unpaired) electrons. The largest absolute Gasteiger partial charge is 0.480 e. The molecule has 0 aliphatic carbocycles. The molecule has 1 unspecified atom stereocenters. The number of carboxylic acids is 1. The van der Waals surface area contributed by atoms with Crippen LogP contribution in [0.5, 0.6) is 0 Å². The Balaban J connectivity index is 4.32. The molecule has 372 valence electrons. The molecule has 0 aliphatic rings. The highest BCUT2D eigenvalue weighted by Crippen LogP contribution is 2.43. The SMILES string of the molecule is CCCCCCCC/C=C/C/C=C/C/C=C/CCCC(=O)OC[C@@H](COP(=O)(O)OC[C@H](N)C(=O)O)OC(=O)CCC/C=C/CCCCCCCCCCCCCCCCCCCC. The molecule has 0 saturated carbocycles. The van der Waals surface area contributed by atoms with Crippen molar-refractivity contribution in [3.8, 4) is 0 Å². The second-order valence-corrected chi connectivity index (χ2v) is 18.8. The number of phosphoric ester groups is 1. The van der Waals surface area contributed by atoms with Gasteiger partial charge in [-0.15, -0.1) is 0 Å². The summed E-state index contributed by atoms with van der Waals surface area (Å²) in [6.07, 6.45) is 54.9.